The predicted octanol–water partition coefficient (Wildman–Crippen LogP) is -0.566. The van der Waals surface area contributed by atoms with Crippen LogP contribution in [0.1, 0.15) is 29.5 Å². The molecule has 0 radical (unpaired) electrons. The van der Waals surface area contributed by atoms with Gasteiger partial charge in [-0.05, 0) is 30.0 Å². The number of amidine groups is 1. The van der Waals surface area contributed by atoms with Gasteiger partial charge < -0.3 is 32.2 Å². The van der Waals surface area contributed by atoms with Gasteiger partial charge in [0, 0.05) is 35.6 Å². The van der Waals surface area contributed by atoms with E-state index >= 15 is 0 Å². The number of carbonyl (C=O) groups excluding carboxylic acids is 3. The lowest BCUT2D eigenvalue weighted by atomic mass is 10.0. The molecular formula is C26H31N7O7S. The van der Waals surface area contributed by atoms with Gasteiger partial charge in [-0.3, -0.25) is 24.6 Å². The predicted molar refractivity (Wildman–Crippen MR) is 150 cm³/mol. The maximum atomic E-state index is 13.4. The van der Waals surface area contributed by atoms with Crippen molar-refractivity contribution in [2.45, 2.75) is 37.9 Å². The van der Waals surface area contributed by atoms with Crippen LogP contribution in [0.5, 0.6) is 0 Å². The number of sulfonamides is 1. The minimum atomic E-state index is -4.44. The summed E-state index contributed by atoms with van der Waals surface area (Å²) in [6.07, 6.45) is 1.02. The van der Waals surface area contributed by atoms with Crippen LogP contribution in [0, 0.1) is 5.41 Å². The molecule has 2 atom stereocenters. The second-order valence-electron chi connectivity index (χ2n) is 9.28. The number of carbonyl (C=O) groups is 4. The summed E-state index contributed by atoms with van der Waals surface area (Å²) in [5.41, 5.74) is 13.2. The van der Waals surface area contributed by atoms with E-state index in [0.717, 1.165) is 10.9 Å². The van der Waals surface area contributed by atoms with Gasteiger partial charge in [-0.1, -0.05) is 42.5 Å². The van der Waals surface area contributed by atoms with Gasteiger partial charge in [-0.25, -0.2) is 13.1 Å². The SMILES string of the molecule is N=C(N)c1ccc(CNC(=O)C(CCC(N)=O)NC(=O)C(Cc2c[nH]c3ccccc23)NS(=O)(=O)CC(=O)O)cc1. The molecule has 41 heavy (non-hydrogen) atoms. The number of fused-ring (bicyclic) bond motifs is 1. The van der Waals surface area contributed by atoms with Crippen LogP contribution >= 0.6 is 0 Å². The third-order valence-corrected chi connectivity index (χ3v) is 7.37. The largest absolute Gasteiger partial charge is 0.480 e. The monoisotopic (exact) mass is 585 g/mol. The summed E-state index contributed by atoms with van der Waals surface area (Å²) in [4.78, 5) is 52.0. The highest BCUT2D eigenvalue weighted by atomic mass is 32.2. The number of hydrogen-bond donors (Lipinski definition) is 8. The molecule has 15 heteroatoms. The Bertz CT molecular complexity index is 1550. The van der Waals surface area contributed by atoms with Crippen LogP contribution in [0.25, 0.3) is 10.9 Å². The third-order valence-electron chi connectivity index (χ3n) is 6.09. The van der Waals surface area contributed by atoms with Crippen LogP contribution in [-0.4, -0.2) is 65.9 Å². The van der Waals surface area contributed by atoms with Crippen molar-refractivity contribution in [2.24, 2.45) is 11.5 Å². The van der Waals surface area contributed by atoms with Crippen molar-refractivity contribution in [1.82, 2.24) is 20.3 Å². The highest BCUT2D eigenvalue weighted by molar-refractivity contribution is 7.90. The number of nitrogen functional groups attached to an aromatic ring is 1. The molecule has 0 fully saturated rings. The molecule has 0 saturated carbocycles. The van der Waals surface area contributed by atoms with Crippen LogP contribution in [-0.2, 0) is 42.2 Å². The minimum absolute atomic E-state index is 0.0456. The molecule has 0 aliphatic heterocycles. The van der Waals surface area contributed by atoms with Gasteiger partial charge in [0.25, 0.3) is 0 Å². The Morgan fingerprint density at radius 3 is 2.29 bits per heavy atom. The Morgan fingerprint density at radius 1 is 0.976 bits per heavy atom. The molecule has 0 saturated heterocycles. The molecule has 1 aromatic heterocycles. The number of aromatic amines is 1. The van der Waals surface area contributed by atoms with Crippen molar-refractivity contribution in [2.75, 3.05) is 5.75 Å². The molecule has 2 unspecified atom stereocenters. The van der Waals surface area contributed by atoms with Gasteiger partial charge in [-0.15, -0.1) is 0 Å². The molecule has 3 rings (SSSR count). The molecule has 0 spiro atoms. The van der Waals surface area contributed by atoms with Crippen LogP contribution in [0.2, 0.25) is 0 Å². The maximum Gasteiger partial charge on any atom is 0.320 e. The zero-order valence-corrected chi connectivity index (χ0v) is 22.7. The summed E-state index contributed by atoms with van der Waals surface area (Å²) in [5.74, 6) is -5.27. The molecule has 2 aromatic carbocycles. The second kappa shape index (κ2) is 13.5. The highest BCUT2D eigenvalue weighted by Crippen LogP contribution is 2.19. The molecule has 0 bridgehead atoms. The molecule has 14 nitrogen and oxygen atoms in total. The zero-order chi connectivity index (χ0) is 30.2. The summed E-state index contributed by atoms with van der Waals surface area (Å²) in [7, 11) is -4.44. The normalized spacial score (nSPS) is 12.8. The van der Waals surface area contributed by atoms with E-state index in [1.54, 1.807) is 54.7 Å². The minimum Gasteiger partial charge on any atom is -0.480 e. The van der Waals surface area contributed by atoms with Crippen LogP contribution in [0.15, 0.2) is 54.7 Å². The number of para-hydroxylation sites is 1. The van der Waals surface area contributed by atoms with E-state index in [0.29, 0.717) is 16.7 Å². The van der Waals surface area contributed by atoms with E-state index in [4.69, 9.17) is 22.0 Å². The Hall–Kier alpha value is -4.76. The maximum absolute atomic E-state index is 13.4. The lowest BCUT2D eigenvalue weighted by molar-refractivity contribution is -0.134. The Morgan fingerprint density at radius 2 is 1.66 bits per heavy atom. The number of primary amides is 1. The topological polar surface area (TPSA) is 250 Å². The second-order valence-corrected chi connectivity index (χ2v) is 11.0. The van der Waals surface area contributed by atoms with E-state index in [2.05, 4.69) is 20.3 Å². The number of amides is 3. The highest BCUT2D eigenvalue weighted by Gasteiger charge is 2.30. The van der Waals surface area contributed by atoms with Crippen LogP contribution < -0.4 is 26.8 Å². The molecular weight excluding hydrogens is 554 g/mol. The van der Waals surface area contributed by atoms with Crippen molar-refractivity contribution < 1.29 is 32.7 Å². The van der Waals surface area contributed by atoms with E-state index in [-0.39, 0.29) is 31.6 Å². The molecule has 3 aromatic rings. The van der Waals surface area contributed by atoms with Crippen molar-refractivity contribution >= 4 is 50.5 Å². The Balaban J connectivity index is 1.80. The summed E-state index contributed by atoms with van der Waals surface area (Å²) >= 11 is 0. The first-order valence-corrected chi connectivity index (χ1v) is 14.1. The van der Waals surface area contributed by atoms with Crippen LogP contribution in [0.3, 0.4) is 0 Å². The summed E-state index contributed by atoms with van der Waals surface area (Å²) < 4.78 is 27.1. The van der Waals surface area contributed by atoms with Crippen molar-refractivity contribution in [3.63, 3.8) is 0 Å². The smallest absolute Gasteiger partial charge is 0.320 e. The van der Waals surface area contributed by atoms with E-state index in [1.165, 1.54) is 0 Å². The number of carboxylic acids is 1. The van der Waals surface area contributed by atoms with Gasteiger partial charge in [0.2, 0.25) is 27.7 Å². The summed E-state index contributed by atoms with van der Waals surface area (Å²) in [6, 6.07) is 10.9. The Labute approximate surface area is 235 Å². The molecule has 0 aliphatic carbocycles. The number of rotatable bonds is 15. The van der Waals surface area contributed by atoms with E-state index in [9.17, 15) is 27.6 Å². The first-order chi connectivity index (χ1) is 19.3. The zero-order valence-electron chi connectivity index (χ0n) is 21.8. The summed E-state index contributed by atoms with van der Waals surface area (Å²) in [5, 5.41) is 22.3. The fourth-order valence-electron chi connectivity index (χ4n) is 4.07. The number of nitrogens with two attached hydrogens (primary N) is 2. The first kappa shape index (κ1) is 30.8. The number of aliphatic carboxylic acids is 1. The average molecular weight is 586 g/mol. The number of carboxylic acid groups (broad SMARTS) is 1. The van der Waals surface area contributed by atoms with E-state index in [1.807, 2.05) is 0 Å². The number of aromatic nitrogens is 1. The van der Waals surface area contributed by atoms with Gasteiger partial charge in [0.1, 0.15) is 17.9 Å². The van der Waals surface area contributed by atoms with Crippen LogP contribution in [0.4, 0.5) is 0 Å². The average Bonchev–Trinajstić information content (AvgIpc) is 3.31. The van der Waals surface area contributed by atoms with Gasteiger partial charge in [0.05, 0.1) is 0 Å². The molecule has 218 valence electrons. The van der Waals surface area contributed by atoms with Gasteiger partial charge in [0.15, 0.2) is 5.75 Å². The number of hydrogen-bond acceptors (Lipinski definition) is 7. The summed E-state index contributed by atoms with van der Waals surface area (Å²) in [6.45, 7) is 0.0456. The molecule has 1 heterocycles. The van der Waals surface area contributed by atoms with E-state index < -0.39 is 51.6 Å². The van der Waals surface area contributed by atoms with Crippen molar-refractivity contribution in [3.05, 3.63) is 71.4 Å². The third kappa shape index (κ3) is 9.15. The molecule has 10 N–H and O–H groups in total. The quantitative estimate of drug-likeness (QED) is 0.0845. The number of nitrogens with one attached hydrogen (secondary N) is 5. The molecule has 3 amide bonds. The standard InChI is InChI=1S/C26H31N7O7S/c27-22(34)10-9-20(25(37)31-12-15-5-7-16(8-6-15)24(28)29)32-26(38)21(33-41(39,40)14-23(35)36)11-17-13-30-19-4-2-1-3-18(17)19/h1-8,13,20-21,30,33H,9-12,14H2,(H2,27,34)(H3,28,29)(H,31,37)(H,32,38)(H,35,36). The fraction of sp³-hybridized carbons (Fsp3) is 0.269. The first-order valence-electron chi connectivity index (χ1n) is 12.4. The van der Waals surface area contributed by atoms with Crippen molar-refractivity contribution in [3.8, 4) is 0 Å². The lowest BCUT2D eigenvalue weighted by Gasteiger charge is -2.23. The fourth-order valence-corrected chi connectivity index (χ4v) is 5.10. The lowest BCUT2D eigenvalue weighted by Crippen LogP contribution is -2.55. The van der Waals surface area contributed by atoms with Gasteiger partial charge in [-0.2, -0.15) is 0 Å². The van der Waals surface area contributed by atoms with Crippen molar-refractivity contribution in [1.29, 1.82) is 5.41 Å². The number of benzene rings is 2. The number of H-pyrrole nitrogens is 1. The Kier molecular flexibility index (Phi) is 10.2. The van der Waals surface area contributed by atoms with Gasteiger partial charge >= 0.3 is 5.97 Å². The molecule has 0 aliphatic rings.